The molecule has 186 valence electrons. The highest BCUT2D eigenvalue weighted by Gasteiger charge is 2.30. The SMILES string of the molecule is Cc1cc(C(=O)NCC2CS(=O)(=O)CC(=O)N2)nc2c(C(C)(C)C)cc(NCC(F)(F)F)cc12. The Morgan fingerprint density at radius 3 is 2.47 bits per heavy atom. The van der Waals surface area contributed by atoms with Crippen molar-refractivity contribution >= 4 is 38.2 Å². The molecule has 0 aliphatic carbocycles. The van der Waals surface area contributed by atoms with Crippen LogP contribution in [0, 0.1) is 6.92 Å². The highest BCUT2D eigenvalue weighted by atomic mass is 32.2. The van der Waals surface area contributed by atoms with E-state index >= 15 is 0 Å². The van der Waals surface area contributed by atoms with Gasteiger partial charge in [0.25, 0.3) is 5.91 Å². The molecule has 0 bridgehead atoms. The Bertz CT molecular complexity index is 1240. The third-order valence-electron chi connectivity index (χ3n) is 5.33. The number of halogens is 3. The number of amides is 2. The summed E-state index contributed by atoms with van der Waals surface area (Å²) in [5.74, 6) is -2.01. The number of fused-ring (bicyclic) bond motifs is 1. The Morgan fingerprint density at radius 2 is 1.88 bits per heavy atom. The summed E-state index contributed by atoms with van der Waals surface area (Å²) < 4.78 is 61.7. The van der Waals surface area contributed by atoms with Gasteiger partial charge in [0.15, 0.2) is 9.84 Å². The van der Waals surface area contributed by atoms with Gasteiger partial charge in [-0.2, -0.15) is 13.2 Å². The molecule has 8 nitrogen and oxygen atoms in total. The Balaban J connectivity index is 1.91. The van der Waals surface area contributed by atoms with Crippen LogP contribution in [0.1, 0.15) is 42.4 Å². The molecule has 3 N–H and O–H groups in total. The van der Waals surface area contributed by atoms with E-state index in [1.807, 2.05) is 20.8 Å². The van der Waals surface area contributed by atoms with Crippen molar-refractivity contribution in [2.24, 2.45) is 0 Å². The van der Waals surface area contributed by atoms with Gasteiger partial charge in [-0.15, -0.1) is 0 Å². The van der Waals surface area contributed by atoms with E-state index in [4.69, 9.17) is 0 Å². The number of rotatable bonds is 5. The van der Waals surface area contributed by atoms with Gasteiger partial charge >= 0.3 is 6.18 Å². The Hall–Kier alpha value is -2.89. The van der Waals surface area contributed by atoms with Crippen molar-refractivity contribution in [3.8, 4) is 0 Å². The van der Waals surface area contributed by atoms with Crippen molar-refractivity contribution in [1.29, 1.82) is 0 Å². The average molecular weight is 501 g/mol. The number of alkyl halides is 3. The summed E-state index contributed by atoms with van der Waals surface area (Å²) in [4.78, 5) is 28.9. The highest BCUT2D eigenvalue weighted by molar-refractivity contribution is 7.92. The minimum atomic E-state index is -4.37. The molecule has 1 saturated heterocycles. The number of carbonyl (C=O) groups excluding carboxylic acids is 2. The van der Waals surface area contributed by atoms with Crippen LogP contribution in [0.4, 0.5) is 18.9 Å². The van der Waals surface area contributed by atoms with E-state index in [1.165, 1.54) is 6.07 Å². The number of hydrogen-bond donors (Lipinski definition) is 3. The van der Waals surface area contributed by atoms with Gasteiger partial charge in [-0.3, -0.25) is 9.59 Å². The maximum Gasteiger partial charge on any atom is 0.405 e. The maximum atomic E-state index is 12.8. The summed E-state index contributed by atoms with van der Waals surface area (Å²) in [5.41, 5.74) is 1.69. The zero-order valence-corrected chi connectivity index (χ0v) is 20.1. The van der Waals surface area contributed by atoms with Crippen molar-refractivity contribution in [1.82, 2.24) is 15.6 Å². The van der Waals surface area contributed by atoms with E-state index in [9.17, 15) is 31.2 Å². The monoisotopic (exact) mass is 500 g/mol. The van der Waals surface area contributed by atoms with Gasteiger partial charge in [0, 0.05) is 17.6 Å². The van der Waals surface area contributed by atoms with E-state index < -0.39 is 51.6 Å². The summed E-state index contributed by atoms with van der Waals surface area (Å²) in [5, 5.41) is 8.16. The fourth-order valence-corrected chi connectivity index (χ4v) is 5.19. The molecular weight excluding hydrogens is 473 g/mol. The summed E-state index contributed by atoms with van der Waals surface area (Å²) in [6.45, 7) is 6.15. The molecule has 1 aromatic carbocycles. The van der Waals surface area contributed by atoms with Crippen molar-refractivity contribution in [3.05, 3.63) is 35.0 Å². The molecule has 2 aromatic rings. The van der Waals surface area contributed by atoms with Gasteiger partial charge in [-0.25, -0.2) is 13.4 Å². The molecule has 1 aliphatic rings. The number of nitrogens with zero attached hydrogens (tertiary/aromatic N) is 1. The van der Waals surface area contributed by atoms with Crippen LogP contribution >= 0.6 is 0 Å². The lowest BCUT2D eigenvalue weighted by Crippen LogP contribution is -2.53. The summed E-state index contributed by atoms with van der Waals surface area (Å²) in [7, 11) is -3.52. The third-order valence-corrected chi connectivity index (χ3v) is 6.95. The van der Waals surface area contributed by atoms with Crippen molar-refractivity contribution < 1.29 is 31.2 Å². The van der Waals surface area contributed by atoms with E-state index in [1.54, 1.807) is 19.1 Å². The quantitative estimate of drug-likeness (QED) is 0.581. The predicted octanol–water partition coefficient (Wildman–Crippen LogP) is 2.46. The number of hydrogen-bond acceptors (Lipinski definition) is 6. The molecule has 1 atom stereocenters. The summed E-state index contributed by atoms with van der Waals surface area (Å²) in [6, 6.07) is 3.95. The van der Waals surface area contributed by atoms with Crippen LogP contribution in [0.25, 0.3) is 10.9 Å². The molecule has 1 aliphatic heterocycles. The maximum absolute atomic E-state index is 12.8. The molecule has 1 unspecified atom stereocenters. The molecule has 0 saturated carbocycles. The molecule has 2 heterocycles. The average Bonchev–Trinajstić information content (AvgIpc) is 2.67. The second kappa shape index (κ2) is 9.05. The number of sulfone groups is 1. The van der Waals surface area contributed by atoms with Crippen molar-refractivity contribution in [2.75, 3.05) is 29.9 Å². The van der Waals surface area contributed by atoms with E-state index in [0.717, 1.165) is 0 Å². The van der Waals surface area contributed by atoms with Crippen molar-refractivity contribution in [2.45, 2.75) is 45.3 Å². The largest absolute Gasteiger partial charge is 0.405 e. The topological polar surface area (TPSA) is 117 Å². The van der Waals surface area contributed by atoms with Crippen molar-refractivity contribution in [3.63, 3.8) is 0 Å². The molecule has 1 aromatic heterocycles. The fourth-order valence-electron chi connectivity index (χ4n) is 3.78. The van der Waals surface area contributed by atoms with E-state index in [-0.39, 0.29) is 18.0 Å². The molecule has 34 heavy (non-hydrogen) atoms. The lowest BCUT2D eigenvalue weighted by molar-refractivity contribution is -0.119. The Kier molecular flexibility index (Phi) is 6.84. The van der Waals surface area contributed by atoms with E-state index in [2.05, 4.69) is 20.9 Å². The minimum Gasteiger partial charge on any atom is -0.376 e. The van der Waals surface area contributed by atoms with Crippen LogP contribution in [0.2, 0.25) is 0 Å². The van der Waals surface area contributed by atoms with Crippen LogP contribution in [-0.2, 0) is 20.0 Å². The Morgan fingerprint density at radius 1 is 1.21 bits per heavy atom. The Labute approximate surface area is 195 Å². The zero-order chi connectivity index (χ0) is 25.5. The first-order valence-corrected chi connectivity index (χ1v) is 12.4. The van der Waals surface area contributed by atoms with Gasteiger partial charge in [0.1, 0.15) is 18.0 Å². The number of nitrogens with one attached hydrogen (secondary N) is 3. The first-order chi connectivity index (χ1) is 15.5. The standard InChI is InChI=1S/C22H27F3N4O4S/c1-12-5-17(20(31)26-8-14-9-34(32,33)10-18(30)28-14)29-19-15(12)6-13(27-11-22(23,24)25)7-16(19)21(2,3)4/h5-7,14,27H,8-11H2,1-4H3,(H,26,31)(H,28,30). The number of benzene rings is 1. The van der Waals surface area contributed by atoms with E-state index in [0.29, 0.717) is 27.7 Å². The molecule has 1 fully saturated rings. The molecule has 12 heteroatoms. The second-order valence-corrected chi connectivity index (χ2v) is 11.6. The lowest BCUT2D eigenvalue weighted by atomic mass is 9.84. The van der Waals surface area contributed by atoms with Crippen LogP contribution in [0.5, 0.6) is 0 Å². The van der Waals surface area contributed by atoms with Gasteiger partial charge in [-0.1, -0.05) is 20.8 Å². The summed E-state index contributed by atoms with van der Waals surface area (Å²) in [6.07, 6.45) is -4.37. The zero-order valence-electron chi connectivity index (χ0n) is 19.3. The molecular formula is C22H27F3N4O4S. The van der Waals surface area contributed by atoms with Gasteiger partial charge in [0.2, 0.25) is 5.91 Å². The summed E-state index contributed by atoms with van der Waals surface area (Å²) >= 11 is 0. The normalized spacial score (nSPS) is 18.4. The van der Waals surface area contributed by atoms with Gasteiger partial charge in [0.05, 0.1) is 17.3 Å². The fraction of sp³-hybridized carbons (Fsp3) is 0.500. The van der Waals surface area contributed by atoms with Gasteiger partial charge in [-0.05, 0) is 41.7 Å². The molecule has 3 rings (SSSR count). The van der Waals surface area contributed by atoms with Crippen LogP contribution < -0.4 is 16.0 Å². The number of pyridine rings is 1. The first-order valence-electron chi connectivity index (χ1n) is 10.6. The molecule has 0 spiro atoms. The van der Waals surface area contributed by atoms with Crippen LogP contribution in [0.3, 0.4) is 0 Å². The highest BCUT2D eigenvalue weighted by Crippen LogP contribution is 2.34. The minimum absolute atomic E-state index is 0.0801. The van der Waals surface area contributed by atoms with Gasteiger partial charge < -0.3 is 16.0 Å². The number of aryl methyl sites for hydroxylation is 1. The number of aromatic nitrogens is 1. The first kappa shape index (κ1) is 25.7. The molecule has 2 amide bonds. The predicted molar refractivity (Wildman–Crippen MR) is 123 cm³/mol. The third kappa shape index (κ3) is 6.37. The number of anilines is 1. The smallest absolute Gasteiger partial charge is 0.376 e. The number of carbonyl (C=O) groups is 2. The van der Waals surface area contributed by atoms with Crippen LogP contribution in [0.15, 0.2) is 18.2 Å². The second-order valence-electron chi connectivity index (χ2n) is 9.49. The van der Waals surface area contributed by atoms with Crippen LogP contribution in [-0.4, -0.2) is 62.0 Å². The molecule has 0 radical (unpaired) electrons. The lowest BCUT2D eigenvalue weighted by Gasteiger charge is -2.24.